The minimum atomic E-state index is -0.0616. The van der Waals surface area contributed by atoms with Gasteiger partial charge in [0.15, 0.2) is 0 Å². The predicted octanol–water partition coefficient (Wildman–Crippen LogP) is 4.43. The number of nitrogens with zero attached hydrogens (tertiary/aromatic N) is 1. The second kappa shape index (κ2) is 8.84. The number of nitrogens with one attached hydrogen (secondary N) is 1. The Kier molecular flexibility index (Phi) is 6.25. The number of aromatic nitrogens is 1. The van der Waals surface area contributed by atoms with Crippen LogP contribution in [-0.4, -0.2) is 36.8 Å². The van der Waals surface area contributed by atoms with Crippen LogP contribution in [0.15, 0.2) is 65.0 Å². The Labute approximate surface area is 171 Å². The summed E-state index contributed by atoms with van der Waals surface area (Å²) in [5.74, 6) is 0. The molecular formula is C25H26N2O2. The van der Waals surface area contributed by atoms with Crippen molar-refractivity contribution in [3.05, 3.63) is 92.8 Å². The lowest BCUT2D eigenvalue weighted by Gasteiger charge is -2.15. The van der Waals surface area contributed by atoms with Crippen molar-refractivity contribution in [2.24, 2.45) is 0 Å². The molecule has 0 amide bonds. The van der Waals surface area contributed by atoms with Gasteiger partial charge in [-0.1, -0.05) is 36.4 Å². The first kappa shape index (κ1) is 20.5. The van der Waals surface area contributed by atoms with Crippen LogP contribution in [0.4, 0.5) is 0 Å². The summed E-state index contributed by atoms with van der Waals surface area (Å²) in [6.07, 6.45) is 4.98. The monoisotopic (exact) mass is 386 g/mol. The zero-order valence-corrected chi connectivity index (χ0v) is 17.3. The Morgan fingerprint density at radius 3 is 2.59 bits per heavy atom. The molecule has 0 atom stereocenters. The van der Waals surface area contributed by atoms with E-state index in [9.17, 15) is 9.59 Å². The Morgan fingerprint density at radius 2 is 1.86 bits per heavy atom. The van der Waals surface area contributed by atoms with Crippen molar-refractivity contribution >= 4 is 28.8 Å². The summed E-state index contributed by atoms with van der Waals surface area (Å²) < 4.78 is 0. The first-order valence-corrected chi connectivity index (χ1v) is 9.61. The molecule has 0 fully saturated rings. The number of benzene rings is 2. The number of allylic oxidation sites excluding steroid dienone is 1. The van der Waals surface area contributed by atoms with E-state index in [-0.39, 0.29) is 5.56 Å². The minimum Gasteiger partial charge on any atom is -0.322 e. The zero-order valence-electron chi connectivity index (χ0n) is 17.3. The number of rotatable bonds is 6. The number of hydrogen-bond acceptors (Lipinski definition) is 3. The molecule has 1 aromatic heterocycles. The highest BCUT2D eigenvalue weighted by atomic mass is 16.1. The van der Waals surface area contributed by atoms with Gasteiger partial charge in [-0.2, -0.15) is 0 Å². The summed E-state index contributed by atoms with van der Waals surface area (Å²) in [7, 11) is 4.07. The maximum absolute atomic E-state index is 11.9. The maximum atomic E-state index is 11.9. The summed E-state index contributed by atoms with van der Waals surface area (Å²) in [6, 6.07) is 16.1. The van der Waals surface area contributed by atoms with Crippen molar-refractivity contribution in [1.82, 2.24) is 9.88 Å². The highest BCUT2D eigenvalue weighted by Gasteiger charge is 2.11. The van der Waals surface area contributed by atoms with Crippen LogP contribution in [0, 0.1) is 6.92 Å². The Balaban J connectivity index is 2.21. The van der Waals surface area contributed by atoms with Gasteiger partial charge >= 0.3 is 0 Å². The number of pyridine rings is 1. The first-order valence-electron chi connectivity index (χ1n) is 9.61. The quantitative estimate of drug-likeness (QED) is 0.504. The number of fused-ring (bicyclic) bond motifs is 1. The molecule has 3 rings (SSSR count). The molecular weight excluding hydrogens is 360 g/mol. The van der Waals surface area contributed by atoms with E-state index in [4.69, 9.17) is 0 Å². The normalized spacial score (nSPS) is 12.6. The molecule has 0 unspecified atom stereocenters. The summed E-state index contributed by atoms with van der Waals surface area (Å²) in [5, 5.41) is 0.993. The van der Waals surface area contributed by atoms with Crippen LogP contribution >= 0.6 is 0 Å². The van der Waals surface area contributed by atoms with E-state index in [1.165, 1.54) is 0 Å². The van der Waals surface area contributed by atoms with Crippen molar-refractivity contribution in [1.29, 1.82) is 0 Å². The molecule has 0 aliphatic heterocycles. The van der Waals surface area contributed by atoms with E-state index < -0.39 is 0 Å². The Hall–Kier alpha value is -3.24. The van der Waals surface area contributed by atoms with Crippen molar-refractivity contribution in [2.45, 2.75) is 13.8 Å². The molecule has 0 saturated carbocycles. The molecule has 3 aromatic rings. The molecule has 0 aliphatic rings. The van der Waals surface area contributed by atoms with Gasteiger partial charge in [-0.15, -0.1) is 0 Å². The first-order chi connectivity index (χ1) is 13.9. The van der Waals surface area contributed by atoms with Crippen LogP contribution in [0.3, 0.4) is 0 Å². The number of carbonyl (C=O) groups is 1. The molecule has 148 valence electrons. The molecule has 0 radical (unpaired) electrons. The standard InChI is InChI=1S/C25H26N2O2/c1-17(16-28)13-19-7-5-6-8-22(19)23(11-12-27(3)4)20-9-10-24-21(15-20)14-18(2)25(29)26-24/h5-11,13-16H,12H2,1-4H3,(H,26,29)/b17-13-,23-11-. The van der Waals surface area contributed by atoms with Crippen LogP contribution in [0.25, 0.3) is 22.6 Å². The van der Waals surface area contributed by atoms with Crippen molar-refractivity contribution in [2.75, 3.05) is 20.6 Å². The number of carbonyl (C=O) groups excluding carboxylic acids is 1. The second-order valence-electron chi connectivity index (χ2n) is 7.56. The lowest BCUT2D eigenvalue weighted by Crippen LogP contribution is -2.11. The SMILES string of the molecule is C/C(C=O)=C/c1ccccc1/C(=C\CN(C)C)c1ccc2[nH]c(=O)c(C)cc2c1. The van der Waals surface area contributed by atoms with Gasteiger partial charge in [0.25, 0.3) is 5.56 Å². The highest BCUT2D eigenvalue weighted by molar-refractivity contribution is 5.91. The van der Waals surface area contributed by atoms with Crippen LogP contribution in [0.2, 0.25) is 0 Å². The average Bonchev–Trinajstić information content (AvgIpc) is 2.70. The van der Waals surface area contributed by atoms with Crippen LogP contribution < -0.4 is 5.56 Å². The van der Waals surface area contributed by atoms with Crippen LogP contribution in [0.1, 0.15) is 29.2 Å². The minimum absolute atomic E-state index is 0.0616. The van der Waals surface area contributed by atoms with Gasteiger partial charge in [-0.25, -0.2) is 0 Å². The van der Waals surface area contributed by atoms with E-state index in [1.807, 2.05) is 70.4 Å². The van der Waals surface area contributed by atoms with Crippen LogP contribution in [-0.2, 0) is 4.79 Å². The van der Waals surface area contributed by atoms with Gasteiger partial charge in [0, 0.05) is 17.6 Å². The summed E-state index contributed by atoms with van der Waals surface area (Å²) in [6.45, 7) is 4.40. The number of likely N-dealkylation sites (N-methyl/N-ethyl adjacent to an activating group) is 1. The topological polar surface area (TPSA) is 53.2 Å². The maximum Gasteiger partial charge on any atom is 0.251 e. The van der Waals surface area contributed by atoms with E-state index >= 15 is 0 Å². The van der Waals surface area contributed by atoms with Crippen LogP contribution in [0.5, 0.6) is 0 Å². The van der Waals surface area contributed by atoms with Gasteiger partial charge in [0.2, 0.25) is 0 Å². The predicted molar refractivity (Wildman–Crippen MR) is 121 cm³/mol. The van der Waals surface area contributed by atoms with Gasteiger partial charge in [0.1, 0.15) is 6.29 Å². The fourth-order valence-corrected chi connectivity index (χ4v) is 3.29. The third-order valence-corrected chi connectivity index (χ3v) is 4.82. The molecule has 1 heterocycles. The molecule has 2 aromatic carbocycles. The molecule has 4 heteroatoms. The molecule has 0 saturated heterocycles. The average molecular weight is 386 g/mol. The van der Waals surface area contributed by atoms with E-state index in [2.05, 4.69) is 28.1 Å². The van der Waals surface area contributed by atoms with Gasteiger partial charge in [0.05, 0.1) is 0 Å². The summed E-state index contributed by atoms with van der Waals surface area (Å²) >= 11 is 0. The third kappa shape index (κ3) is 4.79. The van der Waals surface area contributed by atoms with Gasteiger partial charge < -0.3 is 9.88 Å². The zero-order chi connectivity index (χ0) is 21.0. The number of hydrogen-bond donors (Lipinski definition) is 1. The summed E-state index contributed by atoms with van der Waals surface area (Å²) in [5.41, 5.74) is 6.35. The smallest absolute Gasteiger partial charge is 0.251 e. The number of aryl methyl sites for hydroxylation is 1. The molecule has 0 aliphatic carbocycles. The van der Waals surface area contributed by atoms with E-state index in [0.717, 1.165) is 46.0 Å². The van der Waals surface area contributed by atoms with Crippen molar-refractivity contribution < 1.29 is 4.79 Å². The summed E-state index contributed by atoms with van der Waals surface area (Å²) in [4.78, 5) is 28.1. The Bertz CT molecular complexity index is 1170. The number of aromatic amines is 1. The molecule has 4 nitrogen and oxygen atoms in total. The third-order valence-electron chi connectivity index (χ3n) is 4.82. The molecule has 0 spiro atoms. The number of H-pyrrole nitrogens is 1. The molecule has 1 N–H and O–H groups in total. The fourth-order valence-electron chi connectivity index (χ4n) is 3.29. The van der Waals surface area contributed by atoms with Crippen molar-refractivity contribution in [3.63, 3.8) is 0 Å². The fraction of sp³-hybridized carbons (Fsp3) is 0.200. The lowest BCUT2D eigenvalue weighted by molar-refractivity contribution is -0.104. The highest BCUT2D eigenvalue weighted by Crippen LogP contribution is 2.29. The molecule has 0 bridgehead atoms. The largest absolute Gasteiger partial charge is 0.322 e. The van der Waals surface area contributed by atoms with E-state index in [0.29, 0.717) is 11.1 Å². The van der Waals surface area contributed by atoms with E-state index in [1.54, 1.807) is 0 Å². The van der Waals surface area contributed by atoms with Gasteiger partial charge in [-0.05, 0) is 85.4 Å². The number of aldehydes is 1. The lowest BCUT2D eigenvalue weighted by atomic mass is 9.91. The van der Waals surface area contributed by atoms with Crippen molar-refractivity contribution in [3.8, 4) is 0 Å². The Morgan fingerprint density at radius 1 is 1.10 bits per heavy atom. The second-order valence-corrected chi connectivity index (χ2v) is 7.56. The molecule has 29 heavy (non-hydrogen) atoms. The van der Waals surface area contributed by atoms with Gasteiger partial charge in [-0.3, -0.25) is 9.59 Å².